The lowest BCUT2D eigenvalue weighted by Gasteiger charge is -2.28. The van der Waals surface area contributed by atoms with Crippen molar-refractivity contribution in [1.29, 1.82) is 0 Å². The second-order valence-electron chi connectivity index (χ2n) is 15.1. The van der Waals surface area contributed by atoms with Crippen LogP contribution in [0.2, 0.25) is 0 Å². The Morgan fingerprint density at radius 2 is 0.694 bits per heavy atom. The van der Waals surface area contributed by atoms with Crippen molar-refractivity contribution in [3.05, 3.63) is 274 Å². The lowest BCUT2D eigenvalue weighted by Crippen LogP contribution is -2.10. The fraction of sp³-hybridized carbons (Fsp3) is 0. The average molecular weight is 795 g/mol. The molecule has 2 nitrogen and oxygen atoms in total. The maximum atomic E-state index is 4.04. The van der Waals surface area contributed by atoms with Crippen LogP contribution in [-0.4, -0.2) is 0 Å². The van der Waals surface area contributed by atoms with Crippen molar-refractivity contribution in [1.82, 2.24) is 0 Å². The van der Waals surface area contributed by atoms with E-state index in [1.165, 1.54) is 22.3 Å². The average Bonchev–Trinajstić information content (AvgIpc) is 3.35. The highest BCUT2D eigenvalue weighted by Crippen LogP contribution is 2.43. The van der Waals surface area contributed by atoms with E-state index in [4.69, 9.17) is 0 Å². The van der Waals surface area contributed by atoms with Crippen molar-refractivity contribution in [2.75, 3.05) is 9.80 Å². The zero-order valence-electron chi connectivity index (χ0n) is 34.6. The van der Waals surface area contributed by atoms with Gasteiger partial charge in [0, 0.05) is 34.1 Å². The van der Waals surface area contributed by atoms with Gasteiger partial charge < -0.3 is 9.80 Å². The molecule has 0 heterocycles. The topological polar surface area (TPSA) is 6.48 Å². The van der Waals surface area contributed by atoms with E-state index in [2.05, 4.69) is 260 Å². The van der Waals surface area contributed by atoms with Gasteiger partial charge in [-0.25, -0.2) is 0 Å². The first kappa shape index (κ1) is 39.3. The van der Waals surface area contributed by atoms with Crippen LogP contribution in [0, 0.1) is 0 Å². The molecule has 0 saturated heterocycles. The maximum absolute atomic E-state index is 4.04. The van der Waals surface area contributed by atoms with Gasteiger partial charge in [-0.1, -0.05) is 195 Å². The summed E-state index contributed by atoms with van der Waals surface area (Å²) in [6.07, 6.45) is 5.66. The van der Waals surface area contributed by atoms with Crippen LogP contribution in [0.4, 0.5) is 34.1 Å². The Bertz CT molecular complexity index is 2930. The Morgan fingerprint density at radius 3 is 1.24 bits per heavy atom. The van der Waals surface area contributed by atoms with Crippen molar-refractivity contribution in [3.8, 4) is 44.5 Å². The molecule has 0 spiro atoms. The number of anilines is 6. The second-order valence-corrected chi connectivity index (χ2v) is 15.1. The second kappa shape index (κ2) is 18.4. The number of hydrogen-bond acceptors (Lipinski definition) is 2. The quantitative estimate of drug-likeness (QED) is 0.107. The van der Waals surface area contributed by atoms with Crippen molar-refractivity contribution >= 4 is 39.7 Å². The molecule has 9 aromatic carbocycles. The molecular weight excluding hydrogens is 749 g/mol. The summed E-state index contributed by atoms with van der Waals surface area (Å²) in [6.45, 7) is 7.94. The van der Waals surface area contributed by atoms with Gasteiger partial charge in [-0.05, 0) is 128 Å². The zero-order valence-corrected chi connectivity index (χ0v) is 34.6. The minimum Gasteiger partial charge on any atom is -0.310 e. The molecule has 0 aliphatic rings. The van der Waals surface area contributed by atoms with E-state index in [0.717, 1.165) is 67.5 Å². The zero-order chi connectivity index (χ0) is 42.1. The van der Waals surface area contributed by atoms with E-state index in [9.17, 15) is 0 Å². The van der Waals surface area contributed by atoms with E-state index in [1.54, 1.807) is 6.08 Å². The number of nitrogens with zero attached hydrogens (tertiary/aromatic N) is 2. The monoisotopic (exact) mass is 794 g/mol. The van der Waals surface area contributed by atoms with Crippen molar-refractivity contribution < 1.29 is 0 Å². The summed E-state index contributed by atoms with van der Waals surface area (Å²) in [7, 11) is 0. The van der Waals surface area contributed by atoms with Gasteiger partial charge in [0.15, 0.2) is 0 Å². The third-order valence-electron chi connectivity index (χ3n) is 11.2. The van der Waals surface area contributed by atoms with E-state index in [1.807, 2.05) is 12.2 Å². The molecule has 9 rings (SSSR count). The van der Waals surface area contributed by atoms with Gasteiger partial charge >= 0.3 is 0 Å². The van der Waals surface area contributed by atoms with Gasteiger partial charge in [-0.3, -0.25) is 0 Å². The summed E-state index contributed by atoms with van der Waals surface area (Å²) in [5.74, 6) is 0. The fourth-order valence-electron chi connectivity index (χ4n) is 8.14. The summed E-state index contributed by atoms with van der Waals surface area (Å²) in [6, 6.07) is 84.5. The van der Waals surface area contributed by atoms with Crippen LogP contribution in [0.5, 0.6) is 0 Å². The molecule has 0 N–H and O–H groups in total. The summed E-state index contributed by atoms with van der Waals surface area (Å²) >= 11 is 0. The van der Waals surface area contributed by atoms with E-state index in [0.29, 0.717) is 0 Å². The highest BCUT2D eigenvalue weighted by atomic mass is 15.1. The molecule has 0 saturated carbocycles. The summed E-state index contributed by atoms with van der Waals surface area (Å²) in [5, 5.41) is 0. The number of hydrogen-bond donors (Lipinski definition) is 0. The largest absolute Gasteiger partial charge is 0.310 e. The lowest BCUT2D eigenvalue weighted by molar-refractivity contribution is 1.28. The smallest absolute Gasteiger partial charge is 0.0468 e. The Kier molecular flexibility index (Phi) is 11.6. The predicted molar refractivity (Wildman–Crippen MR) is 266 cm³/mol. The van der Waals surface area contributed by atoms with Gasteiger partial charge in [0.05, 0.1) is 0 Å². The fourth-order valence-corrected chi connectivity index (χ4v) is 8.14. The first-order chi connectivity index (χ1) is 30.7. The summed E-state index contributed by atoms with van der Waals surface area (Å²) in [5.41, 5.74) is 17.9. The van der Waals surface area contributed by atoms with Crippen LogP contribution in [0.1, 0.15) is 5.56 Å². The molecule has 0 bridgehead atoms. The SMILES string of the molecule is C=C/C=C(\C=C)c1ccc(N(c2ccc(-c3ccccc3)cc2)c2ccc(-c3ccc(N(c4ccccc4)c4cccc(-c5ccccc5)c4)cc3)c(-c3ccccc3)c2)cc1. The van der Waals surface area contributed by atoms with Gasteiger partial charge in [-0.2, -0.15) is 0 Å². The molecule has 9 aromatic rings. The predicted octanol–water partition coefficient (Wildman–Crippen LogP) is 17.0. The molecule has 0 unspecified atom stereocenters. The molecule has 62 heavy (non-hydrogen) atoms. The van der Waals surface area contributed by atoms with Crippen molar-refractivity contribution in [2.45, 2.75) is 0 Å². The van der Waals surface area contributed by atoms with E-state index >= 15 is 0 Å². The third kappa shape index (κ3) is 8.45. The van der Waals surface area contributed by atoms with Crippen LogP contribution in [0.15, 0.2) is 268 Å². The van der Waals surface area contributed by atoms with Crippen molar-refractivity contribution in [2.24, 2.45) is 0 Å². The van der Waals surface area contributed by atoms with E-state index in [-0.39, 0.29) is 0 Å². The van der Waals surface area contributed by atoms with Gasteiger partial charge in [0.2, 0.25) is 0 Å². The maximum Gasteiger partial charge on any atom is 0.0468 e. The number of benzene rings is 9. The Morgan fingerprint density at radius 1 is 0.306 bits per heavy atom. The number of rotatable bonds is 13. The minimum atomic E-state index is 1.03. The molecule has 2 heteroatoms. The van der Waals surface area contributed by atoms with E-state index < -0.39 is 0 Å². The Balaban J connectivity index is 1.13. The molecule has 0 aliphatic carbocycles. The number of allylic oxidation sites excluding steroid dienone is 4. The first-order valence-corrected chi connectivity index (χ1v) is 21.0. The first-order valence-electron chi connectivity index (χ1n) is 21.0. The van der Waals surface area contributed by atoms with Crippen LogP contribution >= 0.6 is 0 Å². The molecule has 0 fully saturated rings. The van der Waals surface area contributed by atoms with Crippen LogP contribution in [0.25, 0.3) is 50.1 Å². The molecule has 296 valence electrons. The van der Waals surface area contributed by atoms with Crippen molar-refractivity contribution in [3.63, 3.8) is 0 Å². The van der Waals surface area contributed by atoms with Crippen LogP contribution in [0.3, 0.4) is 0 Å². The summed E-state index contributed by atoms with van der Waals surface area (Å²) < 4.78 is 0. The molecule has 0 amide bonds. The van der Waals surface area contributed by atoms with Gasteiger partial charge in [-0.15, -0.1) is 0 Å². The molecule has 0 atom stereocenters. The molecule has 0 aliphatic heterocycles. The Labute approximate surface area is 366 Å². The standard InChI is InChI=1S/C60H46N2/c1-3-18-45(4-2)48-29-35-54(36-30-48)62(55-37-31-49(32-38-55)46-19-9-5-10-20-46)58-41-42-59(60(44-58)50-23-13-7-14-24-50)51-33-39-56(40-34-51)61(53-26-15-8-16-27-53)57-28-17-25-52(43-57)47-21-11-6-12-22-47/h3-44H,1-2H2/b45-18+. The molecule has 0 aromatic heterocycles. The Hall–Kier alpha value is -8.20. The minimum absolute atomic E-state index is 1.03. The summed E-state index contributed by atoms with van der Waals surface area (Å²) in [4.78, 5) is 4.67. The van der Waals surface area contributed by atoms with Gasteiger partial charge in [0.25, 0.3) is 0 Å². The molecule has 0 radical (unpaired) electrons. The highest BCUT2D eigenvalue weighted by molar-refractivity contribution is 5.90. The normalized spacial score (nSPS) is 11.1. The lowest BCUT2D eigenvalue weighted by atomic mass is 9.93. The highest BCUT2D eigenvalue weighted by Gasteiger charge is 2.19. The molecular formula is C60H46N2. The van der Waals surface area contributed by atoms with Crippen LogP contribution < -0.4 is 9.80 Å². The number of para-hydroxylation sites is 1. The van der Waals surface area contributed by atoms with Crippen LogP contribution in [-0.2, 0) is 0 Å². The third-order valence-corrected chi connectivity index (χ3v) is 11.2. The van der Waals surface area contributed by atoms with Gasteiger partial charge in [0.1, 0.15) is 0 Å².